The van der Waals surface area contributed by atoms with Crippen LogP contribution in [0, 0.1) is 0 Å². The summed E-state index contributed by atoms with van der Waals surface area (Å²) in [5.41, 5.74) is 3.47. The summed E-state index contributed by atoms with van der Waals surface area (Å²) in [5.74, 6) is 0. The van der Waals surface area contributed by atoms with E-state index < -0.39 is 0 Å². The van der Waals surface area contributed by atoms with Crippen LogP contribution in [0.3, 0.4) is 0 Å². The van der Waals surface area contributed by atoms with Crippen molar-refractivity contribution in [3.8, 4) is 0 Å². The molecule has 16 heavy (non-hydrogen) atoms. The quantitative estimate of drug-likeness (QED) is 0.556. The molecule has 0 aliphatic rings. The topological polar surface area (TPSA) is 0 Å². The smallest absolute Gasteiger partial charge is 0.00861 e. The molecule has 2 aromatic rings. The highest BCUT2D eigenvalue weighted by Gasteiger charge is 1.88. The van der Waals surface area contributed by atoms with Gasteiger partial charge in [0.2, 0.25) is 0 Å². The maximum atomic E-state index is 4.86. The molecule has 0 fully saturated rings. The second-order valence-corrected chi connectivity index (χ2v) is 3.76. The zero-order valence-corrected chi connectivity index (χ0v) is 9.65. The van der Waals surface area contributed by atoms with Crippen molar-refractivity contribution in [3.63, 3.8) is 0 Å². The largest absolute Gasteiger partial charge is 0.0881 e. The van der Waals surface area contributed by atoms with Crippen LogP contribution in [0.1, 0.15) is 16.7 Å². The van der Waals surface area contributed by atoms with Gasteiger partial charge in [0.1, 0.15) is 0 Å². The standard InChI is InChI=1S/C15H12S/c16-12-15-10-8-14(9-11-15)7-6-13-4-2-1-3-5-13/h1-12H. The minimum atomic E-state index is 1.08. The summed E-state index contributed by atoms with van der Waals surface area (Å²) < 4.78 is 0. The molecular weight excluding hydrogens is 212 g/mol. The summed E-state index contributed by atoms with van der Waals surface area (Å²) in [6.45, 7) is 0. The molecule has 0 saturated carbocycles. The molecule has 0 atom stereocenters. The van der Waals surface area contributed by atoms with Gasteiger partial charge in [-0.05, 0) is 16.7 Å². The van der Waals surface area contributed by atoms with E-state index in [0.29, 0.717) is 0 Å². The highest BCUT2D eigenvalue weighted by Crippen LogP contribution is 2.08. The normalized spacial score (nSPS) is 10.5. The van der Waals surface area contributed by atoms with Gasteiger partial charge >= 0.3 is 0 Å². The van der Waals surface area contributed by atoms with Gasteiger partial charge in [-0.3, -0.25) is 0 Å². The fourth-order valence-electron chi connectivity index (χ4n) is 1.44. The van der Waals surface area contributed by atoms with Crippen LogP contribution in [0.5, 0.6) is 0 Å². The van der Waals surface area contributed by atoms with Crippen LogP contribution in [-0.4, -0.2) is 5.37 Å². The molecule has 0 radical (unpaired) electrons. The monoisotopic (exact) mass is 224 g/mol. The third-order valence-electron chi connectivity index (χ3n) is 2.34. The first-order chi connectivity index (χ1) is 7.88. The summed E-state index contributed by atoms with van der Waals surface area (Å²) in [4.78, 5) is 0. The molecule has 0 amide bonds. The molecule has 0 aliphatic heterocycles. The Morgan fingerprint density at radius 1 is 0.625 bits per heavy atom. The van der Waals surface area contributed by atoms with Crippen molar-refractivity contribution >= 4 is 29.7 Å². The lowest BCUT2D eigenvalue weighted by Gasteiger charge is -1.95. The Hall–Kier alpha value is -1.73. The fraction of sp³-hybridized carbons (Fsp3) is 0. The van der Waals surface area contributed by atoms with Gasteiger partial charge in [0.25, 0.3) is 0 Å². The minimum absolute atomic E-state index is 1.08. The van der Waals surface area contributed by atoms with Crippen LogP contribution in [0.4, 0.5) is 0 Å². The van der Waals surface area contributed by atoms with Crippen LogP contribution in [0.15, 0.2) is 54.6 Å². The Bertz CT molecular complexity index is 481. The molecule has 0 aliphatic carbocycles. The van der Waals surface area contributed by atoms with Gasteiger partial charge in [-0.15, -0.1) is 0 Å². The van der Waals surface area contributed by atoms with Gasteiger partial charge in [-0.1, -0.05) is 79.0 Å². The van der Waals surface area contributed by atoms with Crippen molar-refractivity contribution in [1.29, 1.82) is 0 Å². The van der Waals surface area contributed by atoms with E-state index in [1.165, 1.54) is 11.1 Å². The number of hydrogen-bond acceptors (Lipinski definition) is 1. The van der Waals surface area contributed by atoms with Crippen molar-refractivity contribution in [3.05, 3.63) is 71.3 Å². The maximum Gasteiger partial charge on any atom is 0.00861 e. The van der Waals surface area contributed by atoms with E-state index in [1.54, 1.807) is 5.37 Å². The first-order valence-corrected chi connectivity index (χ1v) is 5.64. The lowest BCUT2D eigenvalue weighted by Crippen LogP contribution is -1.77. The van der Waals surface area contributed by atoms with E-state index in [2.05, 4.69) is 36.4 Å². The Balaban J connectivity index is 2.14. The van der Waals surface area contributed by atoms with Gasteiger partial charge in [-0.25, -0.2) is 0 Å². The van der Waals surface area contributed by atoms with E-state index >= 15 is 0 Å². The van der Waals surface area contributed by atoms with Gasteiger partial charge in [0, 0.05) is 5.37 Å². The van der Waals surface area contributed by atoms with E-state index in [9.17, 15) is 0 Å². The molecule has 0 unspecified atom stereocenters. The summed E-state index contributed by atoms with van der Waals surface area (Å²) in [5, 5.41) is 1.69. The predicted octanol–water partition coefficient (Wildman–Crippen LogP) is 4.20. The Kier molecular flexibility index (Phi) is 3.62. The van der Waals surface area contributed by atoms with Gasteiger partial charge in [0.15, 0.2) is 0 Å². The highest BCUT2D eigenvalue weighted by molar-refractivity contribution is 7.79. The van der Waals surface area contributed by atoms with Gasteiger partial charge < -0.3 is 0 Å². The van der Waals surface area contributed by atoms with Crippen LogP contribution >= 0.6 is 12.2 Å². The van der Waals surface area contributed by atoms with E-state index in [0.717, 1.165) is 5.56 Å². The summed E-state index contributed by atoms with van der Waals surface area (Å²) in [7, 11) is 0. The van der Waals surface area contributed by atoms with Crippen LogP contribution in [-0.2, 0) is 0 Å². The lowest BCUT2D eigenvalue weighted by molar-refractivity contribution is 1.63. The Morgan fingerprint density at radius 3 is 1.69 bits per heavy atom. The van der Waals surface area contributed by atoms with Crippen molar-refractivity contribution in [1.82, 2.24) is 0 Å². The van der Waals surface area contributed by atoms with Crippen molar-refractivity contribution in [2.45, 2.75) is 0 Å². The summed E-state index contributed by atoms with van der Waals surface area (Å²) >= 11 is 4.86. The van der Waals surface area contributed by atoms with Crippen LogP contribution in [0.2, 0.25) is 0 Å². The van der Waals surface area contributed by atoms with Crippen molar-refractivity contribution in [2.75, 3.05) is 0 Å². The second-order valence-electron chi connectivity index (χ2n) is 3.53. The van der Waals surface area contributed by atoms with E-state index in [-0.39, 0.29) is 0 Å². The fourth-order valence-corrected chi connectivity index (χ4v) is 1.60. The summed E-state index contributed by atoms with van der Waals surface area (Å²) in [6, 6.07) is 18.4. The van der Waals surface area contributed by atoms with Crippen LogP contribution in [0.25, 0.3) is 12.2 Å². The minimum Gasteiger partial charge on any atom is -0.0881 e. The van der Waals surface area contributed by atoms with E-state index in [1.807, 2.05) is 30.3 Å². The molecule has 0 spiro atoms. The average molecular weight is 224 g/mol. The third kappa shape index (κ3) is 2.88. The third-order valence-corrected chi connectivity index (χ3v) is 2.61. The number of hydrogen-bond donors (Lipinski definition) is 0. The second kappa shape index (κ2) is 5.38. The molecule has 78 valence electrons. The van der Waals surface area contributed by atoms with Crippen LogP contribution < -0.4 is 0 Å². The molecule has 0 aromatic heterocycles. The molecule has 0 bridgehead atoms. The number of thiocarbonyl (C=S) groups is 1. The van der Waals surface area contributed by atoms with Crippen molar-refractivity contribution in [2.24, 2.45) is 0 Å². The maximum absolute atomic E-state index is 4.86. The number of benzene rings is 2. The molecule has 1 heteroatoms. The number of rotatable bonds is 3. The Labute approximate surface area is 101 Å². The first kappa shape index (κ1) is 10.8. The average Bonchev–Trinajstić information content (AvgIpc) is 2.38. The highest BCUT2D eigenvalue weighted by atomic mass is 32.1. The Morgan fingerprint density at radius 2 is 1.12 bits per heavy atom. The van der Waals surface area contributed by atoms with Crippen molar-refractivity contribution < 1.29 is 0 Å². The lowest BCUT2D eigenvalue weighted by atomic mass is 10.1. The molecule has 0 saturated heterocycles. The molecule has 2 rings (SSSR count). The molecule has 0 N–H and O–H groups in total. The van der Waals surface area contributed by atoms with Gasteiger partial charge in [0.05, 0.1) is 0 Å². The SMILES string of the molecule is S=Cc1ccc(C=Cc2ccccc2)cc1. The zero-order chi connectivity index (χ0) is 11.2. The summed E-state index contributed by atoms with van der Waals surface area (Å²) in [6.07, 6.45) is 4.20. The van der Waals surface area contributed by atoms with E-state index in [4.69, 9.17) is 12.2 Å². The molecular formula is C15H12S. The molecule has 2 aromatic carbocycles. The molecule has 0 heterocycles. The zero-order valence-electron chi connectivity index (χ0n) is 8.84. The molecule has 0 nitrogen and oxygen atoms in total. The first-order valence-electron chi connectivity index (χ1n) is 5.17. The van der Waals surface area contributed by atoms with Gasteiger partial charge in [-0.2, -0.15) is 0 Å². The predicted molar refractivity (Wildman–Crippen MR) is 74.6 cm³/mol.